The maximum Gasteiger partial charge on any atom is 0.411 e. The van der Waals surface area contributed by atoms with E-state index in [1.807, 2.05) is 23.6 Å². The number of hydrogen-bond acceptors (Lipinski definition) is 10. The minimum absolute atomic E-state index is 0.0798. The fraction of sp³-hybridized carbons (Fsp3) is 0.714. The molecule has 2 aromatic rings. The predicted molar refractivity (Wildman–Crippen MR) is 268 cm³/mol. The van der Waals surface area contributed by atoms with Gasteiger partial charge < -0.3 is 39.3 Å². The zero-order valence-electron chi connectivity index (χ0n) is 42.4. The largest absolute Gasteiger partial charge is 0.449 e. The first-order valence-electron chi connectivity index (χ1n) is 27.6. The number of aliphatic hydroxyl groups is 2. The lowest BCUT2D eigenvalue weighted by Crippen LogP contribution is -2.65. The van der Waals surface area contributed by atoms with Gasteiger partial charge in [0.1, 0.15) is 11.6 Å². The van der Waals surface area contributed by atoms with Crippen LogP contribution in [0.2, 0.25) is 0 Å². The van der Waals surface area contributed by atoms with E-state index in [9.17, 15) is 29.4 Å². The molecule has 14 rings (SSSR count). The van der Waals surface area contributed by atoms with Gasteiger partial charge in [0.15, 0.2) is 0 Å². The Balaban J connectivity index is 0.000000156. The highest BCUT2D eigenvalue weighted by Gasteiger charge is 2.64. The molecule has 4 saturated heterocycles. The fourth-order valence-electron chi connectivity index (χ4n) is 16.9. The molecular weight excluding hydrogens is 923 g/mol. The molecule has 4 heterocycles. The van der Waals surface area contributed by atoms with Crippen molar-refractivity contribution in [2.75, 3.05) is 72.9 Å². The summed E-state index contributed by atoms with van der Waals surface area (Å²) >= 11 is 0. The number of carbonyl (C=O) groups is 4. The van der Waals surface area contributed by atoms with E-state index in [-0.39, 0.29) is 35.1 Å². The number of nitrogens with one attached hydrogen (secondary N) is 2. The Morgan fingerprint density at radius 1 is 0.597 bits per heavy atom. The molecule has 4 unspecified atom stereocenters. The van der Waals surface area contributed by atoms with Crippen LogP contribution in [0.5, 0.6) is 0 Å². The number of likely N-dealkylation sites (tertiary alicyclic amines) is 2. The third kappa shape index (κ3) is 8.79. The number of ether oxygens (including phenoxy) is 2. The molecule has 4 N–H and O–H groups in total. The van der Waals surface area contributed by atoms with Gasteiger partial charge in [-0.15, -0.1) is 0 Å². The first-order valence-corrected chi connectivity index (χ1v) is 27.6. The van der Waals surface area contributed by atoms with Crippen LogP contribution >= 0.6 is 0 Å². The Kier molecular flexibility index (Phi) is 13.2. The van der Waals surface area contributed by atoms with Crippen molar-refractivity contribution in [1.82, 2.24) is 9.80 Å². The number of piperidine rings is 2. The Bertz CT molecular complexity index is 2230. The monoisotopic (exact) mass is 999 g/mol. The lowest BCUT2D eigenvalue weighted by Gasteiger charge is -2.61. The van der Waals surface area contributed by atoms with Gasteiger partial charge in [-0.25, -0.2) is 18.4 Å². The van der Waals surface area contributed by atoms with Crippen LogP contribution in [0.4, 0.5) is 41.1 Å². The number of aliphatic hydroxyl groups excluding tert-OH is 2. The SMILES string of the molecule is CCCOC(=O)Nc1ccc(N2CCC[C@@]3(CCN(C45CC6CC(C4)C(O)C(C6)C5)C3=O)C2)c(F)c1.CCCOC(=O)Nc1ccc(N2CCC[C@@]3(CCN(C45CC6CC(C4)C(O)C(C6)C5)C3=O)C2)c(F)c1. The number of carbonyl (C=O) groups excluding carboxylic acids is 4. The van der Waals surface area contributed by atoms with Crippen molar-refractivity contribution in [3.05, 3.63) is 48.0 Å². The van der Waals surface area contributed by atoms with Crippen molar-refractivity contribution in [1.29, 1.82) is 0 Å². The molecule has 14 nitrogen and oxygen atoms in total. The topological polar surface area (TPSA) is 164 Å². The van der Waals surface area contributed by atoms with E-state index in [0.29, 0.717) is 97.6 Å². The van der Waals surface area contributed by atoms with E-state index in [2.05, 4.69) is 20.4 Å². The average Bonchev–Trinajstić information content (AvgIpc) is 3.84. The summed E-state index contributed by atoms with van der Waals surface area (Å²) in [5.41, 5.74) is 0.581. The van der Waals surface area contributed by atoms with E-state index in [0.717, 1.165) is 129 Å². The van der Waals surface area contributed by atoms with Gasteiger partial charge in [0.2, 0.25) is 11.8 Å². The Hall–Kier alpha value is -4.70. The third-order valence-electron chi connectivity index (χ3n) is 19.7. The molecule has 4 aliphatic heterocycles. The second kappa shape index (κ2) is 19.2. The van der Waals surface area contributed by atoms with Crippen LogP contribution in [0.25, 0.3) is 0 Å². The smallest absolute Gasteiger partial charge is 0.411 e. The summed E-state index contributed by atoms with van der Waals surface area (Å²) in [6.07, 6.45) is 15.3. The van der Waals surface area contributed by atoms with Crippen molar-refractivity contribution < 1.29 is 47.6 Å². The van der Waals surface area contributed by atoms with Gasteiger partial charge in [0.05, 0.1) is 47.6 Å². The van der Waals surface area contributed by atoms with Crippen LogP contribution in [0.1, 0.15) is 129 Å². The minimum Gasteiger partial charge on any atom is -0.449 e. The predicted octanol–water partition coefficient (Wildman–Crippen LogP) is 9.09. The van der Waals surface area contributed by atoms with Crippen molar-refractivity contribution in [3.63, 3.8) is 0 Å². The Morgan fingerprint density at radius 3 is 1.35 bits per heavy atom. The fourth-order valence-corrected chi connectivity index (χ4v) is 16.9. The van der Waals surface area contributed by atoms with Gasteiger partial charge in [-0.2, -0.15) is 0 Å². The van der Waals surface area contributed by atoms with Gasteiger partial charge in [0.25, 0.3) is 0 Å². The summed E-state index contributed by atoms with van der Waals surface area (Å²) in [4.78, 5) is 60.3. The number of anilines is 4. The van der Waals surface area contributed by atoms with E-state index < -0.39 is 34.7 Å². The number of hydrogen-bond donors (Lipinski definition) is 4. The van der Waals surface area contributed by atoms with Crippen LogP contribution in [-0.4, -0.2) is 120 Å². The number of rotatable bonds is 10. The second-order valence-electron chi connectivity index (χ2n) is 24.2. The molecule has 8 bridgehead atoms. The maximum absolute atomic E-state index is 15.2. The molecule has 4 amide bonds. The summed E-state index contributed by atoms with van der Waals surface area (Å²) in [5.74, 6) is 2.32. The second-order valence-corrected chi connectivity index (χ2v) is 24.2. The molecule has 2 aromatic carbocycles. The van der Waals surface area contributed by atoms with E-state index in [4.69, 9.17) is 9.47 Å². The highest BCUT2D eigenvalue weighted by Crippen LogP contribution is 2.61. The van der Waals surface area contributed by atoms with Crippen LogP contribution < -0.4 is 20.4 Å². The molecule has 12 aliphatic rings. The summed E-state index contributed by atoms with van der Waals surface area (Å²) in [6.45, 7) is 8.49. The minimum atomic E-state index is -0.588. The molecular formula is C56H76F2N6O8. The summed E-state index contributed by atoms with van der Waals surface area (Å²) < 4.78 is 40.4. The van der Waals surface area contributed by atoms with Gasteiger partial charge >= 0.3 is 12.2 Å². The average molecular weight is 999 g/mol. The van der Waals surface area contributed by atoms with Crippen LogP contribution in [0.3, 0.4) is 0 Å². The van der Waals surface area contributed by atoms with Crippen LogP contribution in [0.15, 0.2) is 36.4 Å². The molecule has 8 saturated carbocycles. The molecule has 2 spiro atoms. The van der Waals surface area contributed by atoms with E-state index >= 15 is 8.78 Å². The van der Waals surface area contributed by atoms with Gasteiger partial charge in [-0.3, -0.25) is 20.2 Å². The molecule has 0 radical (unpaired) electrons. The quantitative estimate of drug-likeness (QED) is 0.181. The van der Waals surface area contributed by atoms with Crippen LogP contribution in [0, 0.1) is 58.0 Å². The van der Waals surface area contributed by atoms with Crippen LogP contribution in [-0.2, 0) is 19.1 Å². The number of benzene rings is 2. The number of halogens is 2. The molecule has 72 heavy (non-hydrogen) atoms. The lowest BCUT2D eigenvalue weighted by molar-refractivity contribution is -0.168. The highest BCUT2D eigenvalue weighted by atomic mass is 19.1. The van der Waals surface area contributed by atoms with Crippen molar-refractivity contribution >= 4 is 46.8 Å². The van der Waals surface area contributed by atoms with Crippen molar-refractivity contribution in [3.8, 4) is 0 Å². The Labute approximate surface area is 422 Å². The van der Waals surface area contributed by atoms with Crippen molar-refractivity contribution in [2.24, 2.45) is 46.3 Å². The molecule has 6 atom stereocenters. The summed E-state index contributed by atoms with van der Waals surface area (Å²) in [6, 6.07) is 9.43. The third-order valence-corrected chi connectivity index (χ3v) is 19.7. The lowest BCUT2D eigenvalue weighted by atomic mass is 9.51. The number of amides is 4. The molecule has 16 heteroatoms. The zero-order chi connectivity index (χ0) is 50.2. The van der Waals surface area contributed by atoms with E-state index in [1.54, 1.807) is 24.3 Å². The van der Waals surface area contributed by atoms with Crippen molar-refractivity contribution in [2.45, 2.75) is 153 Å². The van der Waals surface area contributed by atoms with Gasteiger partial charge in [-0.1, -0.05) is 13.8 Å². The van der Waals surface area contributed by atoms with Gasteiger partial charge in [0, 0.05) is 61.7 Å². The molecule has 12 fully saturated rings. The molecule has 0 aromatic heterocycles. The highest BCUT2D eigenvalue weighted by molar-refractivity contribution is 5.88. The zero-order valence-corrected chi connectivity index (χ0v) is 42.4. The van der Waals surface area contributed by atoms with E-state index in [1.165, 1.54) is 12.1 Å². The molecule has 392 valence electrons. The number of nitrogens with zero attached hydrogens (tertiary/aromatic N) is 4. The maximum atomic E-state index is 15.2. The molecule has 8 aliphatic carbocycles. The first kappa shape index (κ1) is 49.5. The summed E-state index contributed by atoms with van der Waals surface area (Å²) in [5, 5.41) is 26.6. The summed E-state index contributed by atoms with van der Waals surface area (Å²) in [7, 11) is 0. The standard InChI is InChI=1S/2C28H38FN3O4/c2*1-2-10-36-26(35)30-21-4-5-23(22(29)13-21)31-8-3-6-27(17-31)7-9-32(25(27)34)28-14-18-11-19(15-28)24(33)20(12-18)16-28/h2*4-5,13,18-20,24,33H,2-3,6-12,14-17H2,1H3,(H,30,35)/t2*18?,19?,20?,24?,27-,28?/m11/s1. The Morgan fingerprint density at radius 2 is 0.986 bits per heavy atom. The van der Waals surface area contributed by atoms with Gasteiger partial charge in [-0.05, 0) is 187 Å². The normalized spacial score (nSPS) is 37.1. The first-order chi connectivity index (χ1) is 34.6.